The highest BCUT2D eigenvalue weighted by Crippen LogP contribution is 2.21. The average molecular weight is 368 g/mol. The van der Waals surface area contributed by atoms with Crippen LogP contribution in [0, 0.1) is 18.7 Å². The summed E-state index contributed by atoms with van der Waals surface area (Å²) >= 11 is 0. The van der Waals surface area contributed by atoms with Crippen molar-refractivity contribution in [1.29, 1.82) is 0 Å². The van der Waals surface area contributed by atoms with Crippen LogP contribution in [0.15, 0.2) is 41.6 Å². The number of amides is 1. The van der Waals surface area contributed by atoms with Crippen LogP contribution in [-0.2, 0) is 6.54 Å². The molecule has 0 unspecified atom stereocenters. The Morgan fingerprint density at radius 2 is 2.26 bits per heavy atom. The largest absolute Gasteiger partial charge is 0.358 e. The second kappa shape index (κ2) is 6.98. The van der Waals surface area contributed by atoms with Crippen molar-refractivity contribution in [2.45, 2.75) is 26.3 Å². The Kier molecular flexibility index (Phi) is 4.51. The number of para-hydroxylation sites is 1. The third kappa shape index (κ3) is 3.25. The number of nitrogens with zero attached hydrogens (tertiary/aromatic N) is 3. The Hall–Kier alpha value is -2.96. The van der Waals surface area contributed by atoms with Gasteiger partial charge < -0.3 is 14.5 Å². The minimum atomic E-state index is -0.502. The van der Waals surface area contributed by atoms with E-state index in [1.807, 2.05) is 13.1 Å². The van der Waals surface area contributed by atoms with Gasteiger partial charge in [0.2, 0.25) is 5.43 Å². The lowest BCUT2D eigenvalue weighted by molar-refractivity contribution is 0.0660. The number of aryl methyl sites for hydroxylation is 1. The van der Waals surface area contributed by atoms with Crippen LogP contribution in [0.5, 0.6) is 0 Å². The minimum absolute atomic E-state index is 0.0626. The lowest BCUT2D eigenvalue weighted by Crippen LogP contribution is -2.42. The Bertz CT molecular complexity index is 1060. The number of nitrogens with one attached hydrogen (secondary N) is 1. The summed E-state index contributed by atoms with van der Waals surface area (Å²) in [6, 6.07) is 4.30. The topological polar surface area (TPSA) is 71.0 Å². The van der Waals surface area contributed by atoms with E-state index in [9.17, 15) is 14.0 Å². The van der Waals surface area contributed by atoms with Crippen molar-refractivity contribution in [1.82, 2.24) is 19.4 Å². The molecule has 7 heteroatoms. The second-order valence-electron chi connectivity index (χ2n) is 7.08. The van der Waals surface area contributed by atoms with Gasteiger partial charge in [-0.1, -0.05) is 6.07 Å². The standard InChI is InChI=1S/C20H21FN4O2/c1-13-22-7-9-24(13)11-14-4-3-8-25(12-14)20(27)16-10-23-18-15(19(16)26)5-2-6-17(18)21/h2,5-7,9-10,14H,3-4,8,11-12H2,1H3,(H,23,26)/t14-/m0/s1. The van der Waals surface area contributed by atoms with Crippen LogP contribution >= 0.6 is 0 Å². The predicted molar refractivity (Wildman–Crippen MR) is 100 cm³/mol. The molecule has 0 radical (unpaired) electrons. The molecular weight excluding hydrogens is 347 g/mol. The summed E-state index contributed by atoms with van der Waals surface area (Å²) in [4.78, 5) is 34.4. The maximum Gasteiger partial charge on any atom is 0.259 e. The maximum atomic E-state index is 13.8. The SMILES string of the molecule is Cc1nccn1C[C@@H]1CCCN(C(=O)c2c[nH]c3c(F)cccc3c2=O)C1. The molecule has 0 saturated carbocycles. The summed E-state index contributed by atoms with van der Waals surface area (Å²) in [6.45, 7) is 3.98. The van der Waals surface area contributed by atoms with E-state index in [0.717, 1.165) is 25.2 Å². The summed E-state index contributed by atoms with van der Waals surface area (Å²) in [7, 11) is 0. The van der Waals surface area contributed by atoms with Crippen LogP contribution in [0.2, 0.25) is 0 Å². The minimum Gasteiger partial charge on any atom is -0.358 e. The van der Waals surface area contributed by atoms with Gasteiger partial charge in [-0.3, -0.25) is 9.59 Å². The zero-order valence-corrected chi connectivity index (χ0v) is 15.1. The first kappa shape index (κ1) is 17.5. The van der Waals surface area contributed by atoms with Gasteiger partial charge in [0, 0.05) is 43.6 Å². The Morgan fingerprint density at radius 3 is 3.04 bits per heavy atom. The van der Waals surface area contributed by atoms with Crippen molar-refractivity contribution in [3.05, 3.63) is 64.2 Å². The molecule has 1 aliphatic heterocycles. The third-order valence-electron chi connectivity index (χ3n) is 5.28. The number of benzene rings is 1. The highest BCUT2D eigenvalue weighted by Gasteiger charge is 2.27. The smallest absolute Gasteiger partial charge is 0.259 e. The van der Waals surface area contributed by atoms with Crippen molar-refractivity contribution in [2.75, 3.05) is 13.1 Å². The first-order valence-electron chi connectivity index (χ1n) is 9.11. The number of H-pyrrole nitrogens is 1. The van der Waals surface area contributed by atoms with E-state index >= 15 is 0 Å². The number of likely N-dealkylation sites (tertiary alicyclic amines) is 1. The molecule has 3 heterocycles. The second-order valence-corrected chi connectivity index (χ2v) is 7.08. The summed E-state index contributed by atoms with van der Waals surface area (Å²) in [5, 5.41) is 0.198. The fourth-order valence-corrected chi connectivity index (χ4v) is 3.82. The van der Waals surface area contributed by atoms with Gasteiger partial charge in [0.1, 0.15) is 17.2 Å². The molecule has 1 fully saturated rings. The number of pyridine rings is 1. The fourth-order valence-electron chi connectivity index (χ4n) is 3.82. The van der Waals surface area contributed by atoms with Gasteiger partial charge in [0.05, 0.1) is 5.52 Å². The van der Waals surface area contributed by atoms with Gasteiger partial charge in [-0.05, 0) is 37.8 Å². The van der Waals surface area contributed by atoms with Gasteiger partial charge in [-0.15, -0.1) is 0 Å². The highest BCUT2D eigenvalue weighted by molar-refractivity contribution is 5.97. The van der Waals surface area contributed by atoms with E-state index in [4.69, 9.17) is 0 Å². The number of carbonyl (C=O) groups is 1. The molecule has 1 amide bonds. The Balaban J connectivity index is 1.57. The molecule has 2 aromatic heterocycles. The van der Waals surface area contributed by atoms with E-state index in [-0.39, 0.29) is 22.4 Å². The number of carbonyl (C=O) groups excluding carboxylic acids is 1. The number of fused-ring (bicyclic) bond motifs is 1. The van der Waals surface area contributed by atoms with E-state index in [1.54, 1.807) is 11.1 Å². The number of aromatic nitrogens is 3. The molecule has 4 rings (SSSR count). The molecular formula is C20H21FN4O2. The normalized spacial score (nSPS) is 17.4. The summed E-state index contributed by atoms with van der Waals surface area (Å²) in [5.74, 6) is 0.464. The maximum absolute atomic E-state index is 13.8. The third-order valence-corrected chi connectivity index (χ3v) is 5.28. The van der Waals surface area contributed by atoms with Gasteiger partial charge in [0.25, 0.3) is 5.91 Å². The van der Waals surface area contributed by atoms with Crippen molar-refractivity contribution in [2.24, 2.45) is 5.92 Å². The van der Waals surface area contributed by atoms with Gasteiger partial charge in [-0.25, -0.2) is 9.37 Å². The Labute approximate surface area is 155 Å². The molecule has 1 aliphatic rings. The van der Waals surface area contributed by atoms with E-state index < -0.39 is 11.2 Å². The molecule has 0 bridgehead atoms. The zero-order chi connectivity index (χ0) is 19.0. The van der Waals surface area contributed by atoms with E-state index in [1.165, 1.54) is 24.4 Å². The van der Waals surface area contributed by atoms with Crippen LogP contribution < -0.4 is 5.43 Å². The van der Waals surface area contributed by atoms with Crippen molar-refractivity contribution in [3.63, 3.8) is 0 Å². The van der Waals surface area contributed by atoms with Crippen molar-refractivity contribution < 1.29 is 9.18 Å². The highest BCUT2D eigenvalue weighted by atomic mass is 19.1. The summed E-state index contributed by atoms with van der Waals surface area (Å²) in [6.07, 6.45) is 6.97. The van der Waals surface area contributed by atoms with Crippen molar-refractivity contribution >= 4 is 16.8 Å². The summed E-state index contributed by atoms with van der Waals surface area (Å²) < 4.78 is 15.9. The van der Waals surface area contributed by atoms with Gasteiger partial charge in [0.15, 0.2) is 0 Å². The summed E-state index contributed by atoms with van der Waals surface area (Å²) in [5.41, 5.74) is -0.237. The van der Waals surface area contributed by atoms with Crippen LogP contribution in [0.3, 0.4) is 0 Å². The fraction of sp³-hybridized carbons (Fsp3) is 0.350. The van der Waals surface area contributed by atoms with E-state index in [2.05, 4.69) is 14.5 Å². The number of piperidine rings is 1. The van der Waals surface area contributed by atoms with Crippen LogP contribution in [0.25, 0.3) is 10.9 Å². The number of aromatic amines is 1. The molecule has 1 atom stereocenters. The molecule has 0 aliphatic carbocycles. The zero-order valence-electron chi connectivity index (χ0n) is 15.1. The molecule has 3 aromatic rings. The molecule has 1 aromatic carbocycles. The van der Waals surface area contributed by atoms with Crippen LogP contribution in [0.4, 0.5) is 4.39 Å². The van der Waals surface area contributed by atoms with Crippen molar-refractivity contribution in [3.8, 4) is 0 Å². The first-order valence-corrected chi connectivity index (χ1v) is 9.11. The predicted octanol–water partition coefficient (Wildman–Crippen LogP) is 2.72. The lowest BCUT2D eigenvalue weighted by Gasteiger charge is -2.33. The number of hydrogen-bond donors (Lipinski definition) is 1. The lowest BCUT2D eigenvalue weighted by atomic mass is 9.97. The Morgan fingerprint density at radius 1 is 1.41 bits per heavy atom. The number of hydrogen-bond acceptors (Lipinski definition) is 3. The molecule has 0 spiro atoms. The van der Waals surface area contributed by atoms with Gasteiger partial charge >= 0.3 is 0 Å². The average Bonchev–Trinajstić information content (AvgIpc) is 3.07. The number of rotatable bonds is 3. The van der Waals surface area contributed by atoms with Gasteiger partial charge in [-0.2, -0.15) is 0 Å². The molecule has 1 N–H and O–H groups in total. The molecule has 27 heavy (non-hydrogen) atoms. The van der Waals surface area contributed by atoms with Crippen LogP contribution in [-0.4, -0.2) is 38.4 Å². The molecule has 6 nitrogen and oxygen atoms in total. The molecule has 1 saturated heterocycles. The first-order chi connectivity index (χ1) is 13.0. The number of imidazole rings is 1. The monoisotopic (exact) mass is 368 g/mol. The van der Waals surface area contributed by atoms with E-state index in [0.29, 0.717) is 19.0 Å². The van der Waals surface area contributed by atoms with Crippen LogP contribution in [0.1, 0.15) is 29.0 Å². The molecule has 140 valence electrons. The number of halogens is 1. The quantitative estimate of drug-likeness (QED) is 0.773.